The maximum Gasteiger partial charge on any atom is 0.292 e. The van der Waals surface area contributed by atoms with Crippen LogP contribution in [-0.2, 0) is 31.7 Å². The Morgan fingerprint density at radius 3 is 1.98 bits per heavy atom. The third-order valence-electron chi connectivity index (χ3n) is 6.19. The van der Waals surface area contributed by atoms with Gasteiger partial charge in [0.15, 0.2) is 0 Å². The largest absolute Gasteiger partial charge is 0.471 e. The van der Waals surface area contributed by atoms with Gasteiger partial charge in [-0.25, -0.2) is 12.9 Å². The highest BCUT2D eigenvalue weighted by atomic mass is 32.2. The Kier molecular flexibility index (Phi) is 19.9. The number of benzene rings is 3. The van der Waals surface area contributed by atoms with Crippen LogP contribution in [0.3, 0.4) is 0 Å². The van der Waals surface area contributed by atoms with Crippen molar-refractivity contribution < 1.29 is 28.0 Å². The number of nitrogens with one attached hydrogen (secondary N) is 2. The van der Waals surface area contributed by atoms with Gasteiger partial charge in [-0.3, -0.25) is 9.59 Å². The second kappa shape index (κ2) is 22.8. The summed E-state index contributed by atoms with van der Waals surface area (Å²) < 4.78 is 32.8. The Balaban J connectivity index is 0.000000465. The summed E-state index contributed by atoms with van der Waals surface area (Å²) in [5.41, 5.74) is 8.97. The second-order valence-corrected chi connectivity index (χ2v) is 11.5. The summed E-state index contributed by atoms with van der Waals surface area (Å²) in [6.45, 7) is 4.15. The molecule has 0 heterocycles. The van der Waals surface area contributed by atoms with E-state index < -0.39 is 23.2 Å². The lowest BCUT2D eigenvalue weighted by molar-refractivity contribution is -0.126. The maximum absolute atomic E-state index is 14.4. The van der Waals surface area contributed by atoms with Crippen molar-refractivity contribution >= 4 is 29.1 Å². The van der Waals surface area contributed by atoms with E-state index in [2.05, 4.69) is 76.0 Å². The fourth-order valence-corrected chi connectivity index (χ4v) is 5.56. The minimum Gasteiger partial charge on any atom is -0.471 e. The molecule has 0 fully saturated rings. The lowest BCUT2D eigenvalue weighted by Gasteiger charge is -2.33. The molecule has 44 heavy (non-hydrogen) atoms. The summed E-state index contributed by atoms with van der Waals surface area (Å²) in [7, 11) is 1.42. The normalized spacial score (nSPS) is 12.5. The fraction of sp³-hybridized carbons (Fsp3) is 0.394. The van der Waals surface area contributed by atoms with E-state index in [4.69, 9.17) is 10.5 Å². The zero-order chi connectivity index (χ0) is 32.7. The molecule has 0 bridgehead atoms. The van der Waals surface area contributed by atoms with E-state index >= 15 is 0 Å². The number of hydrogen-bond acceptors (Lipinski definition) is 7. The number of methoxy groups -OCH3 is 1. The van der Waals surface area contributed by atoms with Gasteiger partial charge in [0.2, 0.25) is 5.91 Å². The number of aliphatic hydroxyl groups is 1. The number of halogens is 1. The van der Waals surface area contributed by atoms with Crippen molar-refractivity contribution in [2.45, 2.75) is 56.3 Å². The molecule has 0 saturated heterocycles. The van der Waals surface area contributed by atoms with Crippen LogP contribution in [0.25, 0.3) is 0 Å². The zero-order valence-electron chi connectivity index (χ0n) is 26.0. The van der Waals surface area contributed by atoms with Gasteiger partial charge in [0, 0.05) is 24.3 Å². The molecule has 11 heteroatoms. The van der Waals surface area contributed by atoms with Crippen LogP contribution in [0.1, 0.15) is 37.8 Å². The highest BCUT2D eigenvalue weighted by Gasteiger charge is 2.29. The molecule has 9 nitrogen and oxygen atoms in total. The molecule has 0 aliphatic rings. The van der Waals surface area contributed by atoms with E-state index in [0.29, 0.717) is 17.1 Å². The van der Waals surface area contributed by atoms with Gasteiger partial charge in [-0.2, -0.15) is 0 Å². The van der Waals surface area contributed by atoms with E-state index in [0.717, 1.165) is 6.42 Å². The van der Waals surface area contributed by atoms with E-state index in [1.54, 1.807) is 35.6 Å². The van der Waals surface area contributed by atoms with Crippen LogP contribution in [0.15, 0.2) is 89.8 Å². The number of alkyl halides is 1. The van der Waals surface area contributed by atoms with Crippen molar-refractivity contribution in [2.75, 3.05) is 39.6 Å². The van der Waals surface area contributed by atoms with Gasteiger partial charge < -0.3 is 26.2 Å². The molecule has 0 aliphatic carbocycles. The van der Waals surface area contributed by atoms with E-state index in [1.165, 1.54) is 18.2 Å². The van der Waals surface area contributed by atoms with Gasteiger partial charge in [0.05, 0.1) is 25.2 Å². The molecule has 0 spiro atoms. The number of nitrogen functional groups attached to an aromatic ring is 1. The maximum atomic E-state index is 14.4. The fourth-order valence-electron chi connectivity index (χ4n) is 4.15. The molecular formula is C33H47FN4O5S. The third kappa shape index (κ3) is 15.7. The van der Waals surface area contributed by atoms with Crippen LogP contribution in [0.2, 0.25) is 0 Å². The zero-order valence-corrected chi connectivity index (χ0v) is 26.8. The van der Waals surface area contributed by atoms with E-state index in [1.807, 2.05) is 13.8 Å². The predicted molar refractivity (Wildman–Crippen MR) is 175 cm³/mol. The van der Waals surface area contributed by atoms with Gasteiger partial charge in [0.25, 0.3) is 6.47 Å². The molecule has 0 radical (unpaired) electrons. The summed E-state index contributed by atoms with van der Waals surface area (Å²) >= 11 is 0. The number of nitrogens with two attached hydrogens (primary N) is 1. The smallest absolute Gasteiger partial charge is 0.292 e. The van der Waals surface area contributed by atoms with E-state index in [9.17, 15) is 18.5 Å². The second-order valence-electron chi connectivity index (χ2n) is 10.1. The van der Waals surface area contributed by atoms with Gasteiger partial charge in [-0.05, 0) is 75.5 Å². The molecule has 3 atom stereocenters. The van der Waals surface area contributed by atoms with E-state index in [-0.39, 0.29) is 44.5 Å². The molecule has 0 aromatic heterocycles. The first-order valence-electron chi connectivity index (χ1n) is 14.4. The van der Waals surface area contributed by atoms with Gasteiger partial charge >= 0.3 is 0 Å². The van der Waals surface area contributed by atoms with Gasteiger partial charge in [0.1, 0.15) is 17.2 Å². The number of carbonyl (C=O) groups is 2. The Bertz CT molecular complexity index is 1170. The molecule has 3 aromatic carbocycles. The summed E-state index contributed by atoms with van der Waals surface area (Å²) in [5.74, 6) is -0.198. The van der Waals surface area contributed by atoms with Crippen molar-refractivity contribution in [3.05, 3.63) is 96.1 Å². The molecule has 1 amide bonds. The first-order valence-corrected chi connectivity index (χ1v) is 15.5. The summed E-state index contributed by atoms with van der Waals surface area (Å²) in [5, 5.41) is 15.1. The van der Waals surface area contributed by atoms with Crippen LogP contribution >= 0.6 is 0 Å². The predicted octanol–water partition coefficient (Wildman–Crippen LogP) is 3.88. The molecule has 3 rings (SSSR count). The van der Waals surface area contributed by atoms with Crippen LogP contribution < -0.4 is 16.4 Å². The minimum atomic E-state index is -1.55. The van der Waals surface area contributed by atoms with Crippen molar-refractivity contribution in [3.63, 3.8) is 0 Å². The lowest BCUT2D eigenvalue weighted by atomic mass is 10.1. The molecular weight excluding hydrogens is 583 g/mol. The molecule has 3 aromatic rings. The monoisotopic (exact) mass is 630 g/mol. The Morgan fingerprint density at radius 1 is 1.02 bits per heavy atom. The number of hydrogen-bond donors (Lipinski definition) is 4. The number of carbonyl (C=O) groups excluding carboxylic acids is 2. The highest BCUT2D eigenvalue weighted by Crippen LogP contribution is 2.22. The highest BCUT2D eigenvalue weighted by molar-refractivity contribution is 7.82. The summed E-state index contributed by atoms with van der Waals surface area (Å²) in [4.78, 5) is 20.9. The summed E-state index contributed by atoms with van der Waals surface area (Å²) in [6, 6.07) is 26.9. The first-order chi connectivity index (χ1) is 21.2. The van der Waals surface area contributed by atoms with Gasteiger partial charge in [-0.1, -0.05) is 60.7 Å². The molecule has 3 unspecified atom stereocenters. The number of anilines is 1. The molecule has 5 N–H and O–H groups in total. The Hall–Kier alpha value is -3.64. The minimum absolute atomic E-state index is 0.0251. The average molecular weight is 631 g/mol. The molecule has 0 aliphatic heterocycles. The number of ether oxygens (including phenoxy) is 1. The number of amides is 1. The summed E-state index contributed by atoms with van der Waals surface area (Å²) in [6.07, 6.45) is -0.0487. The number of likely N-dealkylation sites (N-methyl/N-ethyl adjacent to an activating group) is 1. The number of rotatable bonds is 15. The van der Waals surface area contributed by atoms with Crippen LogP contribution in [0.4, 0.5) is 10.1 Å². The van der Waals surface area contributed by atoms with Gasteiger partial charge in [-0.15, -0.1) is 0 Å². The van der Waals surface area contributed by atoms with Crippen LogP contribution in [0, 0.1) is 0 Å². The third-order valence-corrected chi connectivity index (χ3v) is 7.97. The Labute approximate surface area is 263 Å². The van der Waals surface area contributed by atoms with Crippen LogP contribution in [-0.4, -0.2) is 78.1 Å². The Morgan fingerprint density at radius 2 is 1.55 bits per heavy atom. The number of aliphatic hydroxyl groups excluding tert-OH is 1. The molecule has 242 valence electrons. The average Bonchev–Trinajstić information content (AvgIpc) is 3.02. The van der Waals surface area contributed by atoms with Crippen molar-refractivity contribution in [3.8, 4) is 0 Å². The topological polar surface area (TPSA) is 134 Å². The van der Waals surface area contributed by atoms with Crippen molar-refractivity contribution in [1.29, 1.82) is 0 Å². The SMILES string of the molecule is CNCC(=O)NCCC(F)CC(CO)N(C(C)C)S(=O)c1ccc(N)cc1.COC=O.c1ccc(Cc2ccccc2)cc1. The standard InChI is InChI=1S/C18H31FN4O3S.C13H12.C2H4O2/c1-13(2)23(27(26)17-6-4-15(20)5-7-17)16(12-24)10-14(19)8-9-22-18(25)11-21-3;1-3-7-12(8-4-1)11-13-9-5-2-6-10-13;1-4-2-3/h4-7,13-14,16,21,24H,8-12,20H2,1-3H3,(H,22,25);1-10H,11H2;2H,1H3. The first kappa shape index (κ1) is 38.4. The quantitative estimate of drug-likeness (QED) is 0.148. The molecule has 0 saturated carbocycles. The number of nitrogens with zero attached hydrogens (tertiary/aromatic N) is 1. The van der Waals surface area contributed by atoms with Crippen molar-refractivity contribution in [2.24, 2.45) is 0 Å². The lowest BCUT2D eigenvalue weighted by Crippen LogP contribution is -2.45. The van der Waals surface area contributed by atoms with Crippen LogP contribution in [0.5, 0.6) is 0 Å². The van der Waals surface area contributed by atoms with Crippen molar-refractivity contribution in [1.82, 2.24) is 14.9 Å².